The van der Waals surface area contributed by atoms with Crippen LogP contribution in [0.4, 0.5) is 0 Å². The van der Waals surface area contributed by atoms with Crippen molar-refractivity contribution in [3.63, 3.8) is 0 Å². The van der Waals surface area contributed by atoms with Crippen LogP contribution in [0.15, 0.2) is 29.4 Å². The largest absolute Gasteiger partial charge is 0.507 e. The van der Waals surface area contributed by atoms with Crippen LogP contribution in [0.25, 0.3) is 16.5 Å². The molecule has 0 bridgehead atoms. The summed E-state index contributed by atoms with van der Waals surface area (Å²) in [6, 6.07) is 4.36. The molecule has 1 N–H and O–H groups in total. The van der Waals surface area contributed by atoms with Crippen molar-refractivity contribution >= 4 is 12.0 Å². The Morgan fingerprint density at radius 1 is 1.65 bits per heavy atom. The average molecular weight is 233 g/mol. The lowest BCUT2D eigenvalue weighted by atomic mass is 10.1. The molecule has 6 nitrogen and oxygen atoms in total. The number of benzene rings is 1. The van der Waals surface area contributed by atoms with E-state index >= 15 is 0 Å². The smallest absolute Gasteiger partial charge is 0.337 e. The lowest BCUT2D eigenvalue weighted by Crippen LogP contribution is -2.00. The van der Waals surface area contributed by atoms with Crippen molar-refractivity contribution in [2.45, 2.75) is 0 Å². The third-order valence-corrected chi connectivity index (χ3v) is 2.00. The van der Waals surface area contributed by atoms with Gasteiger partial charge in [-0.05, 0) is 23.7 Å². The van der Waals surface area contributed by atoms with Gasteiger partial charge in [0, 0.05) is 17.0 Å². The Hall–Kier alpha value is -2.46. The van der Waals surface area contributed by atoms with Crippen LogP contribution in [0.2, 0.25) is 0 Å². The molecule has 0 fully saturated rings. The minimum Gasteiger partial charge on any atom is -0.507 e. The number of aromatic hydroxyl groups is 1. The first-order valence-electron chi connectivity index (χ1n) is 4.77. The third-order valence-electron chi connectivity index (χ3n) is 2.00. The molecule has 1 aromatic carbocycles. The summed E-state index contributed by atoms with van der Waals surface area (Å²) in [4.78, 5) is 13.8. The second-order valence-corrected chi connectivity index (χ2v) is 3.08. The maximum atomic E-state index is 11.3. The topological polar surface area (TPSA) is 95.3 Å². The molecule has 0 aliphatic rings. The number of methoxy groups -OCH3 is 1. The lowest BCUT2D eigenvalue weighted by Gasteiger charge is -2.02. The molecule has 0 atom stereocenters. The first kappa shape index (κ1) is 12.6. The van der Waals surface area contributed by atoms with Gasteiger partial charge in [-0.2, -0.15) is 0 Å². The Kier molecular flexibility index (Phi) is 4.59. The van der Waals surface area contributed by atoms with Gasteiger partial charge < -0.3 is 9.84 Å². The van der Waals surface area contributed by atoms with Crippen LogP contribution in [0.3, 0.4) is 0 Å². The first-order chi connectivity index (χ1) is 8.19. The van der Waals surface area contributed by atoms with E-state index in [9.17, 15) is 9.90 Å². The predicted octanol–water partition coefficient (Wildman–Crippen LogP) is 2.50. The van der Waals surface area contributed by atoms with Crippen molar-refractivity contribution in [3.05, 3.63) is 45.8 Å². The molecular weight excluding hydrogens is 222 g/mol. The third kappa shape index (κ3) is 3.55. The summed E-state index contributed by atoms with van der Waals surface area (Å²) in [5, 5.41) is 12.8. The van der Waals surface area contributed by atoms with Gasteiger partial charge in [-0.25, -0.2) is 4.79 Å². The number of phenols is 1. The molecule has 17 heavy (non-hydrogen) atoms. The van der Waals surface area contributed by atoms with Crippen molar-refractivity contribution in [3.8, 4) is 5.75 Å². The zero-order valence-electron chi connectivity index (χ0n) is 9.20. The Labute approximate surface area is 97.8 Å². The molecule has 0 unspecified atom stereocenters. The molecule has 0 aliphatic heterocycles. The lowest BCUT2D eigenvalue weighted by molar-refractivity contribution is 0.0600. The predicted molar refractivity (Wildman–Crippen MR) is 62.5 cm³/mol. The van der Waals surface area contributed by atoms with E-state index in [2.05, 4.69) is 14.8 Å². The van der Waals surface area contributed by atoms with Crippen molar-refractivity contribution < 1.29 is 14.6 Å². The van der Waals surface area contributed by atoms with E-state index in [1.807, 2.05) is 0 Å². The number of hydrogen-bond acceptors (Lipinski definition) is 4. The second-order valence-electron chi connectivity index (χ2n) is 3.08. The van der Waals surface area contributed by atoms with Crippen LogP contribution in [0, 0.1) is 0 Å². The van der Waals surface area contributed by atoms with Crippen LogP contribution in [0.5, 0.6) is 5.75 Å². The number of rotatable bonds is 4. The summed E-state index contributed by atoms with van der Waals surface area (Å²) in [5.74, 6) is -0.440. The second kappa shape index (κ2) is 6.19. The number of esters is 1. The van der Waals surface area contributed by atoms with Gasteiger partial charge in [-0.1, -0.05) is 17.3 Å². The Balaban J connectivity index is 2.94. The monoisotopic (exact) mass is 233 g/mol. The molecule has 0 radical (unpaired) electrons. The minimum atomic E-state index is -0.477. The minimum absolute atomic E-state index is 0.0369. The van der Waals surface area contributed by atoms with Crippen molar-refractivity contribution in [1.82, 2.24) is 0 Å². The summed E-state index contributed by atoms with van der Waals surface area (Å²) in [6.07, 6.45) is 3.15. The standard InChI is InChI=1S/C11H11N3O3/c1-17-11(16)9-4-5-10(15)8(7-9)3-2-6-13-14-12/h2-5,7,15H,6H2,1H3. The van der Waals surface area contributed by atoms with Crippen LogP contribution in [0.1, 0.15) is 15.9 Å². The van der Waals surface area contributed by atoms with Gasteiger partial charge in [0.05, 0.1) is 12.7 Å². The Bertz CT molecular complexity index is 491. The molecule has 0 saturated carbocycles. The number of carbonyl (C=O) groups is 1. The van der Waals surface area contributed by atoms with Gasteiger partial charge in [0.15, 0.2) is 0 Å². The maximum Gasteiger partial charge on any atom is 0.337 e. The maximum absolute atomic E-state index is 11.3. The molecule has 6 heteroatoms. The molecule has 0 amide bonds. The highest BCUT2D eigenvalue weighted by molar-refractivity contribution is 5.90. The zero-order valence-corrected chi connectivity index (χ0v) is 9.20. The highest BCUT2D eigenvalue weighted by atomic mass is 16.5. The van der Waals surface area contributed by atoms with Gasteiger partial charge in [-0.3, -0.25) is 0 Å². The summed E-state index contributed by atoms with van der Waals surface area (Å²) in [6.45, 7) is 0.179. The first-order valence-corrected chi connectivity index (χ1v) is 4.77. The Morgan fingerprint density at radius 2 is 2.41 bits per heavy atom. The van der Waals surface area contributed by atoms with E-state index in [-0.39, 0.29) is 12.3 Å². The summed E-state index contributed by atoms with van der Waals surface area (Å²) < 4.78 is 4.56. The average Bonchev–Trinajstić information content (AvgIpc) is 2.35. The molecule has 0 spiro atoms. The van der Waals surface area contributed by atoms with Crippen molar-refractivity contribution in [1.29, 1.82) is 0 Å². The molecule has 1 aromatic rings. The van der Waals surface area contributed by atoms with E-state index in [1.54, 1.807) is 12.2 Å². The Morgan fingerprint density at radius 3 is 3.06 bits per heavy atom. The van der Waals surface area contributed by atoms with Crippen LogP contribution in [-0.2, 0) is 4.74 Å². The van der Waals surface area contributed by atoms with Crippen LogP contribution < -0.4 is 0 Å². The highest BCUT2D eigenvalue weighted by Gasteiger charge is 2.07. The molecule has 0 aliphatic carbocycles. The van der Waals surface area contributed by atoms with Crippen LogP contribution >= 0.6 is 0 Å². The molecule has 0 aromatic heterocycles. The molecule has 0 heterocycles. The van der Waals surface area contributed by atoms with Gasteiger partial charge in [-0.15, -0.1) is 0 Å². The SMILES string of the molecule is COC(=O)c1ccc(O)c(C=CCN=[N+]=[N-])c1. The van der Waals surface area contributed by atoms with Crippen LogP contribution in [-0.4, -0.2) is 24.7 Å². The van der Waals surface area contributed by atoms with E-state index in [4.69, 9.17) is 5.53 Å². The summed E-state index contributed by atoms with van der Waals surface area (Å²) in [7, 11) is 1.28. The summed E-state index contributed by atoms with van der Waals surface area (Å²) >= 11 is 0. The van der Waals surface area contributed by atoms with Crippen molar-refractivity contribution in [2.24, 2.45) is 5.11 Å². The molecule has 1 rings (SSSR count). The number of phenolic OH excluding ortho intramolecular Hbond substituents is 1. The number of nitrogens with zero attached hydrogens (tertiary/aromatic N) is 3. The molecule has 0 saturated heterocycles. The van der Waals surface area contributed by atoms with E-state index in [0.717, 1.165) is 0 Å². The number of hydrogen-bond donors (Lipinski definition) is 1. The molecule has 88 valence electrons. The van der Waals surface area contributed by atoms with Crippen molar-refractivity contribution in [2.75, 3.05) is 13.7 Å². The fourth-order valence-electron chi connectivity index (χ4n) is 1.20. The fraction of sp³-hybridized carbons (Fsp3) is 0.182. The highest BCUT2D eigenvalue weighted by Crippen LogP contribution is 2.20. The van der Waals surface area contributed by atoms with E-state index in [0.29, 0.717) is 11.1 Å². The quantitative estimate of drug-likeness (QED) is 0.374. The summed E-state index contributed by atoms with van der Waals surface area (Å²) in [5.41, 5.74) is 8.88. The van der Waals surface area contributed by atoms with Gasteiger partial charge >= 0.3 is 5.97 Å². The zero-order chi connectivity index (χ0) is 12.7. The van der Waals surface area contributed by atoms with Gasteiger partial charge in [0.1, 0.15) is 5.75 Å². The van der Waals surface area contributed by atoms with Gasteiger partial charge in [0.2, 0.25) is 0 Å². The number of azide groups is 1. The number of ether oxygens (including phenoxy) is 1. The van der Waals surface area contributed by atoms with E-state index in [1.165, 1.54) is 25.3 Å². The molecular formula is C11H11N3O3. The van der Waals surface area contributed by atoms with E-state index < -0.39 is 5.97 Å². The number of carbonyl (C=O) groups excluding carboxylic acids is 1. The van der Waals surface area contributed by atoms with Gasteiger partial charge in [0.25, 0.3) is 0 Å². The fourth-order valence-corrected chi connectivity index (χ4v) is 1.20. The normalized spacial score (nSPS) is 9.94.